The molecule has 0 bridgehead atoms. The molecule has 1 aliphatic carbocycles. The predicted molar refractivity (Wildman–Crippen MR) is 59.1 cm³/mol. The summed E-state index contributed by atoms with van der Waals surface area (Å²) in [5.41, 5.74) is 0. The third-order valence-corrected chi connectivity index (χ3v) is 3.50. The average molecular weight is 200 g/mol. The molecule has 1 aromatic rings. The van der Waals surface area contributed by atoms with E-state index in [1.54, 1.807) is 0 Å². The van der Waals surface area contributed by atoms with Gasteiger partial charge in [-0.25, -0.2) is 0 Å². The number of fused-ring (bicyclic) bond motifs is 1. The van der Waals surface area contributed by atoms with Gasteiger partial charge in [-0.3, -0.25) is 9.98 Å². The van der Waals surface area contributed by atoms with Crippen LogP contribution in [0, 0.1) is 5.92 Å². The van der Waals surface area contributed by atoms with Crippen LogP contribution in [-0.2, 0) is 0 Å². The fourth-order valence-corrected chi connectivity index (χ4v) is 2.64. The zero-order valence-corrected chi connectivity index (χ0v) is 8.89. The van der Waals surface area contributed by atoms with Gasteiger partial charge in [0.1, 0.15) is 6.17 Å². The van der Waals surface area contributed by atoms with Crippen LogP contribution in [-0.4, -0.2) is 6.17 Å². The van der Waals surface area contributed by atoms with Crippen LogP contribution in [0.25, 0.3) is 0 Å². The zero-order valence-electron chi connectivity index (χ0n) is 8.89. The van der Waals surface area contributed by atoms with E-state index in [1.807, 2.05) is 12.1 Å². The minimum atomic E-state index is 0.225. The highest BCUT2D eigenvalue weighted by atomic mass is 15.0. The summed E-state index contributed by atoms with van der Waals surface area (Å²) in [6, 6.07) is 8.23. The van der Waals surface area contributed by atoms with Crippen LogP contribution in [0.3, 0.4) is 0 Å². The molecular weight excluding hydrogens is 184 g/mol. The van der Waals surface area contributed by atoms with Crippen LogP contribution >= 0.6 is 0 Å². The molecule has 15 heavy (non-hydrogen) atoms. The third kappa shape index (κ3) is 1.69. The predicted octanol–water partition coefficient (Wildman–Crippen LogP) is 1.85. The summed E-state index contributed by atoms with van der Waals surface area (Å²) < 4.78 is 0. The highest BCUT2D eigenvalue weighted by Crippen LogP contribution is 2.28. The lowest BCUT2D eigenvalue weighted by atomic mass is 9.87. The first-order valence-electron chi connectivity index (χ1n) is 5.94. The summed E-state index contributed by atoms with van der Waals surface area (Å²) in [5, 5.41) is 2.18. The van der Waals surface area contributed by atoms with Gasteiger partial charge < -0.3 is 0 Å². The summed E-state index contributed by atoms with van der Waals surface area (Å²) in [5.74, 6) is 0.700. The Hall–Kier alpha value is -1.18. The second kappa shape index (κ2) is 3.76. The van der Waals surface area contributed by atoms with Crippen molar-refractivity contribution < 1.29 is 0 Å². The van der Waals surface area contributed by atoms with Crippen LogP contribution in [0.2, 0.25) is 0 Å². The van der Waals surface area contributed by atoms with Gasteiger partial charge in [0.15, 0.2) is 0 Å². The Morgan fingerprint density at radius 3 is 2.07 bits per heavy atom. The highest BCUT2D eigenvalue weighted by molar-refractivity contribution is 5.04. The van der Waals surface area contributed by atoms with Crippen LogP contribution in [0.5, 0.6) is 0 Å². The molecule has 1 aromatic carbocycles. The Kier molecular flexibility index (Phi) is 2.28. The molecular formula is C13H16N2. The second-order valence-corrected chi connectivity index (χ2v) is 4.56. The summed E-state index contributed by atoms with van der Waals surface area (Å²) >= 11 is 0. The zero-order chi connectivity index (χ0) is 10.1. The van der Waals surface area contributed by atoms with E-state index in [-0.39, 0.29) is 6.17 Å². The Bertz CT molecular complexity index is 423. The van der Waals surface area contributed by atoms with Crippen molar-refractivity contribution >= 4 is 0 Å². The molecule has 0 atom stereocenters. The van der Waals surface area contributed by atoms with E-state index in [9.17, 15) is 0 Å². The van der Waals surface area contributed by atoms with E-state index in [4.69, 9.17) is 9.98 Å². The Morgan fingerprint density at radius 1 is 0.867 bits per heavy atom. The molecule has 0 amide bonds. The van der Waals surface area contributed by atoms with Crippen molar-refractivity contribution in [2.24, 2.45) is 15.9 Å². The molecule has 78 valence electrons. The molecule has 1 fully saturated rings. The fraction of sp³-hybridized carbons (Fsp3) is 0.538. The van der Waals surface area contributed by atoms with E-state index in [1.165, 1.54) is 32.1 Å². The first-order chi connectivity index (χ1) is 7.43. The standard InChI is InChI=1S/C13H16N2/c1-2-6-10(7-3-1)13-14-11-8-4-5-9-12(11)15-13/h4-5,8-10,13H,1-3,6-7H2. The van der Waals surface area contributed by atoms with Crippen molar-refractivity contribution in [3.63, 3.8) is 0 Å². The SMILES string of the molecule is c1ccc2c(c1)=NC(C1CCCCC1)N=2. The molecule has 3 rings (SSSR count). The molecule has 1 saturated carbocycles. The van der Waals surface area contributed by atoms with Gasteiger partial charge in [0.2, 0.25) is 0 Å². The number of hydrogen-bond donors (Lipinski definition) is 0. The van der Waals surface area contributed by atoms with Crippen molar-refractivity contribution in [2.75, 3.05) is 0 Å². The molecule has 0 radical (unpaired) electrons. The summed E-state index contributed by atoms with van der Waals surface area (Å²) in [7, 11) is 0. The van der Waals surface area contributed by atoms with Gasteiger partial charge in [-0.15, -0.1) is 0 Å². The molecule has 2 aliphatic rings. The topological polar surface area (TPSA) is 24.7 Å². The lowest BCUT2D eigenvalue weighted by Crippen LogP contribution is -2.19. The Balaban J connectivity index is 1.89. The monoisotopic (exact) mass is 200 g/mol. The molecule has 0 spiro atoms. The van der Waals surface area contributed by atoms with Gasteiger partial charge in [0, 0.05) is 5.92 Å². The van der Waals surface area contributed by atoms with Gasteiger partial charge in [0.05, 0.1) is 10.7 Å². The second-order valence-electron chi connectivity index (χ2n) is 4.56. The number of benzene rings is 1. The van der Waals surface area contributed by atoms with E-state index < -0.39 is 0 Å². The van der Waals surface area contributed by atoms with Crippen molar-refractivity contribution in [1.82, 2.24) is 0 Å². The van der Waals surface area contributed by atoms with E-state index in [0.29, 0.717) is 5.92 Å². The van der Waals surface area contributed by atoms with Gasteiger partial charge in [-0.1, -0.05) is 31.4 Å². The van der Waals surface area contributed by atoms with Crippen LogP contribution in [0.15, 0.2) is 34.3 Å². The summed E-state index contributed by atoms with van der Waals surface area (Å²) in [6.07, 6.45) is 6.97. The fourth-order valence-electron chi connectivity index (χ4n) is 2.64. The lowest BCUT2D eigenvalue weighted by Gasteiger charge is -2.23. The van der Waals surface area contributed by atoms with E-state index in [0.717, 1.165) is 10.7 Å². The van der Waals surface area contributed by atoms with Gasteiger partial charge in [-0.2, -0.15) is 0 Å². The minimum absolute atomic E-state index is 0.225. The molecule has 1 heterocycles. The van der Waals surface area contributed by atoms with Crippen LogP contribution in [0.4, 0.5) is 0 Å². The third-order valence-electron chi connectivity index (χ3n) is 3.50. The van der Waals surface area contributed by atoms with Crippen LogP contribution in [0.1, 0.15) is 32.1 Å². The molecule has 0 saturated heterocycles. The summed E-state index contributed by atoms with van der Waals surface area (Å²) in [6.45, 7) is 0. The minimum Gasteiger partial charge on any atom is -0.256 e. The maximum absolute atomic E-state index is 4.71. The number of para-hydroxylation sites is 2. The summed E-state index contributed by atoms with van der Waals surface area (Å²) in [4.78, 5) is 9.42. The average Bonchev–Trinajstić information content (AvgIpc) is 2.74. The van der Waals surface area contributed by atoms with Crippen molar-refractivity contribution in [3.05, 3.63) is 35.0 Å². The van der Waals surface area contributed by atoms with Crippen molar-refractivity contribution in [3.8, 4) is 0 Å². The Morgan fingerprint density at radius 2 is 1.47 bits per heavy atom. The Labute approximate surface area is 89.8 Å². The molecule has 2 nitrogen and oxygen atoms in total. The highest BCUT2D eigenvalue weighted by Gasteiger charge is 2.23. The maximum Gasteiger partial charge on any atom is 0.143 e. The van der Waals surface area contributed by atoms with Gasteiger partial charge >= 0.3 is 0 Å². The smallest absolute Gasteiger partial charge is 0.143 e. The first-order valence-corrected chi connectivity index (χ1v) is 5.94. The normalized spacial score (nSPS) is 21.9. The van der Waals surface area contributed by atoms with Crippen molar-refractivity contribution in [1.29, 1.82) is 0 Å². The molecule has 2 heteroatoms. The van der Waals surface area contributed by atoms with E-state index >= 15 is 0 Å². The number of hydrogen-bond acceptors (Lipinski definition) is 2. The number of nitrogens with zero attached hydrogens (tertiary/aromatic N) is 2. The van der Waals surface area contributed by atoms with Crippen LogP contribution < -0.4 is 10.7 Å². The number of rotatable bonds is 1. The largest absolute Gasteiger partial charge is 0.256 e. The molecule has 1 aliphatic heterocycles. The first kappa shape index (κ1) is 9.08. The molecule has 0 unspecified atom stereocenters. The van der Waals surface area contributed by atoms with E-state index in [2.05, 4.69) is 12.1 Å². The molecule has 0 N–H and O–H groups in total. The molecule has 0 aromatic heterocycles. The quantitative estimate of drug-likeness (QED) is 0.661. The lowest BCUT2D eigenvalue weighted by molar-refractivity contribution is 0.310. The maximum atomic E-state index is 4.71. The van der Waals surface area contributed by atoms with Gasteiger partial charge in [0.25, 0.3) is 0 Å². The van der Waals surface area contributed by atoms with Gasteiger partial charge in [-0.05, 0) is 25.0 Å². The van der Waals surface area contributed by atoms with Crippen molar-refractivity contribution in [2.45, 2.75) is 38.3 Å².